The van der Waals surface area contributed by atoms with Crippen molar-refractivity contribution in [2.75, 3.05) is 6.61 Å². The van der Waals surface area contributed by atoms with Gasteiger partial charge in [-0.05, 0) is 43.1 Å². The van der Waals surface area contributed by atoms with Gasteiger partial charge in [0.05, 0.1) is 0 Å². The third kappa shape index (κ3) is 3.20. The second-order valence-corrected chi connectivity index (χ2v) is 5.45. The fourth-order valence-corrected chi connectivity index (χ4v) is 2.33. The third-order valence-corrected chi connectivity index (χ3v) is 3.42. The van der Waals surface area contributed by atoms with Crippen LogP contribution in [0.3, 0.4) is 0 Å². The lowest BCUT2D eigenvalue weighted by Gasteiger charge is -2.33. The van der Waals surface area contributed by atoms with Gasteiger partial charge in [0.2, 0.25) is 0 Å². The lowest BCUT2D eigenvalue weighted by atomic mass is 9.72. The van der Waals surface area contributed by atoms with E-state index >= 15 is 0 Å². The first-order valence-corrected chi connectivity index (χ1v) is 5.96. The van der Waals surface area contributed by atoms with Crippen LogP contribution in [0.25, 0.3) is 0 Å². The zero-order valence-corrected chi connectivity index (χ0v) is 10.5. The predicted octanol–water partition coefficient (Wildman–Crippen LogP) is 3.70. The molecular formula is C14H24O. The van der Waals surface area contributed by atoms with Crippen LogP contribution < -0.4 is 0 Å². The van der Waals surface area contributed by atoms with E-state index in [0.717, 1.165) is 0 Å². The summed E-state index contributed by atoms with van der Waals surface area (Å²) in [4.78, 5) is 0. The van der Waals surface area contributed by atoms with E-state index in [4.69, 9.17) is 5.11 Å². The van der Waals surface area contributed by atoms with Crippen molar-refractivity contribution in [2.24, 2.45) is 11.3 Å². The van der Waals surface area contributed by atoms with Crippen LogP contribution in [0.4, 0.5) is 0 Å². The summed E-state index contributed by atoms with van der Waals surface area (Å²) in [6.45, 7) is 9.16. The van der Waals surface area contributed by atoms with Gasteiger partial charge >= 0.3 is 0 Å². The van der Waals surface area contributed by atoms with Gasteiger partial charge in [-0.1, -0.05) is 38.5 Å². The SMILES string of the molecule is CC1=C(/C=C/[C@H](C)CO)C(C)(C)CCC1. The molecule has 0 heterocycles. The second kappa shape index (κ2) is 4.98. The smallest absolute Gasteiger partial charge is 0.0491 e. The molecule has 0 saturated heterocycles. The van der Waals surface area contributed by atoms with Crippen LogP contribution in [0, 0.1) is 11.3 Å². The number of aliphatic hydroxyl groups is 1. The van der Waals surface area contributed by atoms with Gasteiger partial charge in [0.25, 0.3) is 0 Å². The summed E-state index contributed by atoms with van der Waals surface area (Å²) in [6, 6.07) is 0. The Labute approximate surface area is 93.9 Å². The molecule has 1 atom stereocenters. The van der Waals surface area contributed by atoms with E-state index in [1.807, 2.05) is 6.92 Å². The van der Waals surface area contributed by atoms with E-state index in [1.54, 1.807) is 0 Å². The molecule has 0 fully saturated rings. The van der Waals surface area contributed by atoms with Crippen molar-refractivity contribution in [1.82, 2.24) is 0 Å². The summed E-state index contributed by atoms with van der Waals surface area (Å²) in [7, 11) is 0. The van der Waals surface area contributed by atoms with Crippen LogP contribution in [0.15, 0.2) is 23.3 Å². The lowest BCUT2D eigenvalue weighted by molar-refractivity contribution is 0.261. The van der Waals surface area contributed by atoms with Gasteiger partial charge in [-0.3, -0.25) is 0 Å². The van der Waals surface area contributed by atoms with Crippen LogP contribution in [0.1, 0.15) is 47.0 Å². The molecule has 0 aromatic heterocycles. The highest BCUT2D eigenvalue weighted by Crippen LogP contribution is 2.40. The van der Waals surface area contributed by atoms with Crippen LogP contribution >= 0.6 is 0 Å². The Morgan fingerprint density at radius 3 is 2.67 bits per heavy atom. The minimum atomic E-state index is 0.239. The van der Waals surface area contributed by atoms with Crippen LogP contribution in [0.2, 0.25) is 0 Å². The number of hydrogen-bond donors (Lipinski definition) is 1. The average molecular weight is 208 g/mol. The summed E-state index contributed by atoms with van der Waals surface area (Å²) < 4.78 is 0. The Kier molecular flexibility index (Phi) is 4.15. The quantitative estimate of drug-likeness (QED) is 0.750. The first kappa shape index (κ1) is 12.5. The molecule has 0 aliphatic heterocycles. The van der Waals surface area contributed by atoms with Crippen molar-refractivity contribution in [3.8, 4) is 0 Å². The normalized spacial score (nSPS) is 23.5. The number of aliphatic hydroxyl groups excluding tert-OH is 1. The Morgan fingerprint density at radius 1 is 1.47 bits per heavy atom. The van der Waals surface area contributed by atoms with Gasteiger partial charge in [-0.2, -0.15) is 0 Å². The van der Waals surface area contributed by atoms with Crippen molar-refractivity contribution in [2.45, 2.75) is 47.0 Å². The third-order valence-electron chi connectivity index (χ3n) is 3.42. The fourth-order valence-electron chi connectivity index (χ4n) is 2.33. The molecule has 1 nitrogen and oxygen atoms in total. The highest BCUT2D eigenvalue weighted by atomic mass is 16.3. The molecule has 0 aromatic carbocycles. The average Bonchev–Trinajstić information content (AvgIpc) is 2.15. The molecule has 1 aliphatic rings. The maximum Gasteiger partial charge on any atom is 0.0491 e. The largest absolute Gasteiger partial charge is 0.396 e. The summed E-state index contributed by atoms with van der Waals surface area (Å²) in [6.07, 6.45) is 8.18. The zero-order chi connectivity index (χ0) is 11.5. The Balaban J connectivity index is 2.85. The highest BCUT2D eigenvalue weighted by molar-refractivity contribution is 5.32. The molecule has 0 aromatic rings. The Bertz CT molecular complexity index is 271. The molecule has 0 unspecified atom stereocenters. The number of hydrogen-bond acceptors (Lipinski definition) is 1. The zero-order valence-electron chi connectivity index (χ0n) is 10.5. The number of rotatable bonds is 3. The van der Waals surface area contributed by atoms with E-state index < -0.39 is 0 Å². The molecule has 1 heteroatoms. The molecule has 0 spiro atoms. The highest BCUT2D eigenvalue weighted by Gasteiger charge is 2.26. The lowest BCUT2D eigenvalue weighted by Crippen LogP contribution is -2.19. The standard InChI is InChI=1S/C14H24O/c1-11(10-15)7-8-13-12(2)6-5-9-14(13,3)4/h7-8,11,15H,5-6,9-10H2,1-4H3/b8-7+/t11-/m0/s1. The van der Waals surface area contributed by atoms with Crippen molar-refractivity contribution >= 4 is 0 Å². The maximum atomic E-state index is 8.99. The maximum absolute atomic E-state index is 8.99. The van der Waals surface area contributed by atoms with Gasteiger partial charge in [-0.25, -0.2) is 0 Å². The monoisotopic (exact) mass is 208 g/mol. The van der Waals surface area contributed by atoms with Crippen molar-refractivity contribution in [3.05, 3.63) is 23.3 Å². The molecule has 1 aliphatic carbocycles. The molecule has 0 saturated carbocycles. The van der Waals surface area contributed by atoms with Crippen molar-refractivity contribution in [3.63, 3.8) is 0 Å². The topological polar surface area (TPSA) is 20.2 Å². The summed E-state index contributed by atoms with van der Waals surface area (Å²) in [5.74, 6) is 0.267. The molecule has 0 radical (unpaired) electrons. The van der Waals surface area contributed by atoms with E-state index in [1.165, 1.54) is 30.4 Å². The molecule has 0 bridgehead atoms. The number of allylic oxidation sites excluding steroid dienone is 3. The van der Waals surface area contributed by atoms with Crippen molar-refractivity contribution in [1.29, 1.82) is 0 Å². The first-order chi connectivity index (χ1) is 6.97. The summed E-state index contributed by atoms with van der Waals surface area (Å²) >= 11 is 0. The first-order valence-electron chi connectivity index (χ1n) is 5.96. The van der Waals surface area contributed by atoms with Gasteiger partial charge in [0.1, 0.15) is 0 Å². The van der Waals surface area contributed by atoms with Crippen LogP contribution in [-0.4, -0.2) is 11.7 Å². The van der Waals surface area contributed by atoms with Gasteiger partial charge in [0, 0.05) is 6.61 Å². The van der Waals surface area contributed by atoms with Gasteiger partial charge < -0.3 is 5.11 Å². The van der Waals surface area contributed by atoms with Gasteiger partial charge in [-0.15, -0.1) is 0 Å². The van der Waals surface area contributed by atoms with Crippen LogP contribution in [-0.2, 0) is 0 Å². The molecular weight excluding hydrogens is 184 g/mol. The Hall–Kier alpha value is -0.560. The predicted molar refractivity (Wildman–Crippen MR) is 65.7 cm³/mol. The molecule has 86 valence electrons. The van der Waals surface area contributed by atoms with Crippen LogP contribution in [0.5, 0.6) is 0 Å². The summed E-state index contributed by atoms with van der Waals surface area (Å²) in [5, 5.41) is 8.99. The van der Waals surface area contributed by atoms with E-state index in [0.29, 0.717) is 5.41 Å². The van der Waals surface area contributed by atoms with Gasteiger partial charge in [0.15, 0.2) is 0 Å². The minimum Gasteiger partial charge on any atom is -0.396 e. The molecule has 0 amide bonds. The van der Waals surface area contributed by atoms with E-state index in [2.05, 4.69) is 32.9 Å². The molecule has 1 rings (SSSR count). The van der Waals surface area contributed by atoms with E-state index in [-0.39, 0.29) is 12.5 Å². The fraction of sp³-hybridized carbons (Fsp3) is 0.714. The molecule has 1 N–H and O–H groups in total. The Morgan fingerprint density at radius 2 is 2.13 bits per heavy atom. The second-order valence-electron chi connectivity index (χ2n) is 5.45. The van der Waals surface area contributed by atoms with E-state index in [9.17, 15) is 0 Å². The minimum absolute atomic E-state index is 0.239. The molecule has 15 heavy (non-hydrogen) atoms. The summed E-state index contributed by atoms with van der Waals surface area (Å²) in [5.41, 5.74) is 3.32. The van der Waals surface area contributed by atoms with Crippen molar-refractivity contribution < 1.29 is 5.11 Å².